The standard InChI is InChI=1S/C15H18N2O/c1-9-6-10(2)15(11(3)7-9)17-13(5)14(8-18)12(4)16-17/h6-8H,1-5H3. The molecule has 0 aliphatic carbocycles. The Morgan fingerprint density at radius 1 is 1.06 bits per heavy atom. The Hall–Kier alpha value is -1.90. The van der Waals surface area contributed by atoms with Crippen molar-refractivity contribution in [3.05, 3.63) is 45.8 Å². The SMILES string of the molecule is Cc1cc(C)c(-n2nc(C)c(C=O)c2C)c(C)c1. The van der Waals surface area contributed by atoms with Crippen molar-refractivity contribution in [1.82, 2.24) is 9.78 Å². The van der Waals surface area contributed by atoms with Crippen molar-refractivity contribution in [3.8, 4) is 5.69 Å². The van der Waals surface area contributed by atoms with Crippen molar-refractivity contribution in [3.63, 3.8) is 0 Å². The van der Waals surface area contributed by atoms with Crippen molar-refractivity contribution in [2.45, 2.75) is 34.6 Å². The Morgan fingerprint density at radius 2 is 1.61 bits per heavy atom. The van der Waals surface area contributed by atoms with E-state index in [1.165, 1.54) is 16.7 Å². The van der Waals surface area contributed by atoms with Gasteiger partial charge in [-0.1, -0.05) is 17.7 Å². The highest BCUT2D eigenvalue weighted by molar-refractivity contribution is 5.78. The van der Waals surface area contributed by atoms with E-state index in [9.17, 15) is 4.79 Å². The third-order valence-corrected chi connectivity index (χ3v) is 3.31. The lowest BCUT2D eigenvalue weighted by atomic mass is 10.0. The van der Waals surface area contributed by atoms with Gasteiger partial charge >= 0.3 is 0 Å². The average molecular weight is 242 g/mol. The van der Waals surface area contributed by atoms with Crippen molar-refractivity contribution in [1.29, 1.82) is 0 Å². The van der Waals surface area contributed by atoms with Gasteiger partial charge in [-0.3, -0.25) is 4.79 Å². The predicted molar refractivity (Wildman–Crippen MR) is 72.6 cm³/mol. The Bertz CT molecular complexity index is 601. The maximum atomic E-state index is 11.1. The molecule has 0 unspecified atom stereocenters. The van der Waals surface area contributed by atoms with Crippen molar-refractivity contribution in [2.75, 3.05) is 0 Å². The first-order chi connectivity index (χ1) is 8.45. The van der Waals surface area contributed by atoms with Gasteiger partial charge in [0.1, 0.15) is 0 Å². The highest BCUT2D eigenvalue weighted by Crippen LogP contribution is 2.23. The van der Waals surface area contributed by atoms with Gasteiger partial charge in [0.2, 0.25) is 0 Å². The number of hydrogen-bond donors (Lipinski definition) is 0. The molecule has 0 fully saturated rings. The van der Waals surface area contributed by atoms with Gasteiger partial charge in [-0.25, -0.2) is 4.68 Å². The monoisotopic (exact) mass is 242 g/mol. The molecule has 0 bridgehead atoms. The molecular weight excluding hydrogens is 224 g/mol. The van der Waals surface area contributed by atoms with E-state index in [4.69, 9.17) is 0 Å². The van der Waals surface area contributed by atoms with E-state index >= 15 is 0 Å². The van der Waals surface area contributed by atoms with Crippen molar-refractivity contribution < 1.29 is 4.79 Å². The first kappa shape index (κ1) is 12.6. The number of hydrogen-bond acceptors (Lipinski definition) is 2. The van der Waals surface area contributed by atoms with Crippen LogP contribution in [0, 0.1) is 34.6 Å². The molecule has 0 saturated heterocycles. The van der Waals surface area contributed by atoms with Gasteiger partial charge in [0, 0.05) is 0 Å². The molecule has 3 heteroatoms. The summed E-state index contributed by atoms with van der Waals surface area (Å²) >= 11 is 0. The van der Waals surface area contributed by atoms with E-state index in [1.807, 2.05) is 18.5 Å². The van der Waals surface area contributed by atoms with Gasteiger partial charge in [0.25, 0.3) is 0 Å². The molecule has 1 aromatic heterocycles. The summed E-state index contributed by atoms with van der Waals surface area (Å²) in [5, 5.41) is 4.49. The fourth-order valence-corrected chi connectivity index (χ4v) is 2.55. The van der Waals surface area contributed by atoms with Gasteiger partial charge in [-0.2, -0.15) is 5.10 Å². The lowest BCUT2D eigenvalue weighted by molar-refractivity contribution is 0.112. The largest absolute Gasteiger partial charge is 0.298 e. The molecule has 0 aliphatic rings. The highest BCUT2D eigenvalue weighted by atomic mass is 16.1. The second-order valence-electron chi connectivity index (χ2n) is 4.86. The summed E-state index contributed by atoms with van der Waals surface area (Å²) in [7, 11) is 0. The van der Waals surface area contributed by atoms with E-state index in [2.05, 4.69) is 38.0 Å². The Labute approximate surface area is 107 Å². The second-order valence-corrected chi connectivity index (χ2v) is 4.86. The maximum Gasteiger partial charge on any atom is 0.153 e. The van der Waals surface area contributed by atoms with Crippen LogP contribution in [-0.4, -0.2) is 16.1 Å². The van der Waals surface area contributed by atoms with E-state index in [0.29, 0.717) is 5.56 Å². The van der Waals surface area contributed by atoms with Crippen LogP contribution < -0.4 is 0 Å². The number of aldehydes is 1. The molecule has 1 heterocycles. The number of nitrogens with zero attached hydrogens (tertiary/aromatic N) is 2. The van der Waals surface area contributed by atoms with E-state index in [0.717, 1.165) is 23.4 Å². The van der Waals surface area contributed by atoms with Crippen LogP contribution in [0.15, 0.2) is 12.1 Å². The zero-order valence-corrected chi connectivity index (χ0v) is 11.5. The molecule has 0 N–H and O–H groups in total. The zero-order valence-electron chi connectivity index (χ0n) is 11.5. The van der Waals surface area contributed by atoms with Crippen LogP contribution in [0.3, 0.4) is 0 Å². The Morgan fingerprint density at radius 3 is 2.06 bits per heavy atom. The quantitative estimate of drug-likeness (QED) is 0.758. The van der Waals surface area contributed by atoms with Gasteiger partial charge in [0.15, 0.2) is 6.29 Å². The molecule has 2 aromatic rings. The molecule has 0 aliphatic heterocycles. The van der Waals surface area contributed by atoms with Crippen molar-refractivity contribution >= 4 is 6.29 Å². The summed E-state index contributed by atoms with van der Waals surface area (Å²) in [5.41, 5.74) is 7.04. The number of carbonyl (C=O) groups excluding carboxylic acids is 1. The molecule has 0 radical (unpaired) electrons. The fraction of sp³-hybridized carbons (Fsp3) is 0.333. The van der Waals surface area contributed by atoms with E-state index in [-0.39, 0.29) is 0 Å². The van der Waals surface area contributed by atoms with Crippen LogP contribution >= 0.6 is 0 Å². The fourth-order valence-electron chi connectivity index (χ4n) is 2.55. The minimum atomic E-state index is 0.689. The van der Waals surface area contributed by atoms with Gasteiger partial charge < -0.3 is 0 Å². The molecule has 0 spiro atoms. The third kappa shape index (κ3) is 1.86. The molecule has 94 valence electrons. The number of aryl methyl sites for hydroxylation is 4. The first-order valence-electron chi connectivity index (χ1n) is 6.05. The Kier molecular flexibility index (Phi) is 3.07. The number of benzene rings is 1. The highest BCUT2D eigenvalue weighted by Gasteiger charge is 2.15. The lowest BCUT2D eigenvalue weighted by Crippen LogP contribution is -2.05. The minimum Gasteiger partial charge on any atom is -0.298 e. The van der Waals surface area contributed by atoms with Crippen LogP contribution in [0.2, 0.25) is 0 Å². The van der Waals surface area contributed by atoms with Crippen LogP contribution in [0.5, 0.6) is 0 Å². The molecule has 18 heavy (non-hydrogen) atoms. The number of carbonyl (C=O) groups is 1. The topological polar surface area (TPSA) is 34.9 Å². The predicted octanol–water partition coefficient (Wildman–Crippen LogP) is 3.23. The summed E-state index contributed by atoms with van der Waals surface area (Å²) < 4.78 is 1.88. The van der Waals surface area contributed by atoms with Gasteiger partial charge in [0.05, 0.1) is 22.6 Å². The lowest BCUT2D eigenvalue weighted by Gasteiger charge is -2.13. The van der Waals surface area contributed by atoms with Gasteiger partial charge in [-0.05, 0) is 45.7 Å². The number of rotatable bonds is 2. The van der Waals surface area contributed by atoms with Crippen LogP contribution in [0.25, 0.3) is 5.69 Å². The van der Waals surface area contributed by atoms with E-state index in [1.54, 1.807) is 0 Å². The molecule has 3 nitrogen and oxygen atoms in total. The summed E-state index contributed by atoms with van der Waals surface area (Å²) in [4.78, 5) is 11.1. The molecule has 0 atom stereocenters. The number of aromatic nitrogens is 2. The minimum absolute atomic E-state index is 0.689. The van der Waals surface area contributed by atoms with Crippen LogP contribution in [-0.2, 0) is 0 Å². The Balaban J connectivity index is 2.74. The first-order valence-corrected chi connectivity index (χ1v) is 6.05. The molecular formula is C15H18N2O. The molecule has 0 amide bonds. The molecule has 1 aromatic carbocycles. The second kappa shape index (κ2) is 4.41. The van der Waals surface area contributed by atoms with Crippen molar-refractivity contribution in [2.24, 2.45) is 0 Å². The zero-order chi connectivity index (χ0) is 13.4. The van der Waals surface area contributed by atoms with E-state index < -0.39 is 0 Å². The van der Waals surface area contributed by atoms with Crippen LogP contribution in [0.4, 0.5) is 0 Å². The average Bonchev–Trinajstić information content (AvgIpc) is 2.53. The summed E-state index contributed by atoms with van der Waals surface area (Å²) in [5.74, 6) is 0. The maximum absolute atomic E-state index is 11.1. The summed E-state index contributed by atoms with van der Waals surface area (Å²) in [6.07, 6.45) is 0.882. The molecule has 2 rings (SSSR count). The summed E-state index contributed by atoms with van der Waals surface area (Å²) in [6.45, 7) is 10.0. The smallest absolute Gasteiger partial charge is 0.153 e. The van der Waals surface area contributed by atoms with Crippen LogP contribution in [0.1, 0.15) is 38.4 Å². The molecule has 0 saturated carbocycles. The normalized spacial score (nSPS) is 10.7. The third-order valence-electron chi connectivity index (χ3n) is 3.31. The van der Waals surface area contributed by atoms with Gasteiger partial charge in [-0.15, -0.1) is 0 Å². The summed E-state index contributed by atoms with van der Waals surface area (Å²) in [6, 6.07) is 4.28.